The van der Waals surface area contributed by atoms with Crippen molar-refractivity contribution in [3.05, 3.63) is 21.9 Å². The Morgan fingerprint density at radius 2 is 1.90 bits per heavy atom. The lowest BCUT2D eigenvalue weighted by atomic mass is 9.77. The van der Waals surface area contributed by atoms with Crippen LogP contribution in [0.3, 0.4) is 0 Å². The van der Waals surface area contributed by atoms with Crippen LogP contribution in [-0.2, 0) is 17.6 Å². The molecule has 0 bridgehead atoms. The van der Waals surface area contributed by atoms with Crippen LogP contribution < -0.4 is 5.32 Å². The molecule has 0 saturated heterocycles. The van der Waals surface area contributed by atoms with Crippen LogP contribution in [-0.4, -0.2) is 25.3 Å². The van der Waals surface area contributed by atoms with E-state index < -0.39 is 0 Å². The highest BCUT2D eigenvalue weighted by Gasteiger charge is 2.39. The Morgan fingerprint density at radius 1 is 1.20 bits per heavy atom. The first kappa shape index (κ1) is 16.0. The molecule has 1 heterocycles. The molecule has 2 nitrogen and oxygen atoms in total. The van der Waals surface area contributed by atoms with Crippen molar-refractivity contribution in [1.82, 2.24) is 5.32 Å². The van der Waals surface area contributed by atoms with Crippen LogP contribution in [0.25, 0.3) is 0 Å². The van der Waals surface area contributed by atoms with E-state index in [1.807, 2.05) is 11.3 Å². The van der Waals surface area contributed by atoms with Crippen molar-refractivity contribution < 1.29 is 4.74 Å². The second-order valence-electron chi connectivity index (χ2n) is 5.83. The number of likely N-dealkylation sites (N-methyl/N-ethyl adjacent to an activating group) is 1. The average molecular weight is 295 g/mol. The summed E-state index contributed by atoms with van der Waals surface area (Å²) in [6.45, 7) is 5.18. The molecule has 1 N–H and O–H groups in total. The van der Waals surface area contributed by atoms with Gasteiger partial charge in [-0.05, 0) is 51.8 Å². The highest BCUT2D eigenvalue weighted by molar-refractivity contribution is 7.11. The third kappa shape index (κ3) is 3.63. The van der Waals surface area contributed by atoms with E-state index in [2.05, 4.69) is 38.3 Å². The number of aryl methyl sites for hydroxylation is 1. The Bertz CT molecular complexity index is 390. The molecule has 1 aromatic rings. The number of hydrogen-bond donors (Lipinski definition) is 1. The van der Waals surface area contributed by atoms with E-state index in [1.54, 1.807) is 0 Å². The van der Waals surface area contributed by atoms with E-state index in [0.29, 0.717) is 6.04 Å². The second kappa shape index (κ2) is 7.58. The van der Waals surface area contributed by atoms with Crippen molar-refractivity contribution >= 4 is 11.3 Å². The summed E-state index contributed by atoms with van der Waals surface area (Å²) in [5.41, 5.74) is 0.0537. The lowest BCUT2D eigenvalue weighted by Gasteiger charge is -2.43. The molecule has 0 radical (unpaired) electrons. The molecule has 1 saturated carbocycles. The van der Waals surface area contributed by atoms with Gasteiger partial charge in [-0.3, -0.25) is 0 Å². The number of hydrogen-bond acceptors (Lipinski definition) is 3. The minimum atomic E-state index is 0.0537. The van der Waals surface area contributed by atoms with Gasteiger partial charge in [-0.15, -0.1) is 11.3 Å². The fourth-order valence-corrected chi connectivity index (χ4v) is 4.51. The number of rotatable bonds is 7. The van der Waals surface area contributed by atoms with Crippen LogP contribution in [0.15, 0.2) is 12.1 Å². The van der Waals surface area contributed by atoms with Crippen molar-refractivity contribution in [2.24, 2.45) is 0 Å². The summed E-state index contributed by atoms with van der Waals surface area (Å²) in [5.74, 6) is 0. The topological polar surface area (TPSA) is 21.3 Å². The summed E-state index contributed by atoms with van der Waals surface area (Å²) in [4.78, 5) is 2.98. The van der Waals surface area contributed by atoms with Crippen molar-refractivity contribution in [3.63, 3.8) is 0 Å². The van der Waals surface area contributed by atoms with Gasteiger partial charge in [0.1, 0.15) is 0 Å². The van der Waals surface area contributed by atoms with Crippen LogP contribution in [0.4, 0.5) is 0 Å². The molecule has 3 heteroatoms. The Morgan fingerprint density at radius 3 is 2.45 bits per heavy atom. The predicted octanol–water partition coefficient (Wildman–Crippen LogP) is 4.18. The molecule has 0 aromatic carbocycles. The maximum Gasteiger partial charge on any atom is 0.0838 e. The van der Waals surface area contributed by atoms with Crippen molar-refractivity contribution in [3.8, 4) is 0 Å². The van der Waals surface area contributed by atoms with Gasteiger partial charge in [-0.25, -0.2) is 0 Å². The van der Waals surface area contributed by atoms with E-state index in [9.17, 15) is 0 Å². The van der Waals surface area contributed by atoms with E-state index in [4.69, 9.17) is 4.74 Å². The summed E-state index contributed by atoms with van der Waals surface area (Å²) >= 11 is 1.96. The van der Waals surface area contributed by atoms with Crippen LogP contribution in [0.5, 0.6) is 0 Å². The summed E-state index contributed by atoms with van der Waals surface area (Å²) in [7, 11) is 2.09. The highest BCUT2D eigenvalue weighted by Crippen LogP contribution is 2.36. The van der Waals surface area contributed by atoms with Crippen LogP contribution in [0.2, 0.25) is 0 Å². The largest absolute Gasteiger partial charge is 0.374 e. The Hall–Kier alpha value is -0.380. The van der Waals surface area contributed by atoms with E-state index >= 15 is 0 Å². The normalized spacial score (nSPS) is 19.9. The maximum absolute atomic E-state index is 6.27. The Labute approximate surface area is 127 Å². The molecule has 1 fully saturated rings. The maximum atomic E-state index is 6.27. The van der Waals surface area contributed by atoms with Crippen LogP contribution in [0, 0.1) is 0 Å². The molecular formula is C17H29NOS. The molecule has 1 aromatic heterocycles. The number of thiophene rings is 1. The van der Waals surface area contributed by atoms with Gasteiger partial charge in [0.15, 0.2) is 0 Å². The SMILES string of the molecule is CCOC1(C(Cc2ccc(CC)s2)NC)CCCCC1. The van der Waals surface area contributed by atoms with Gasteiger partial charge < -0.3 is 10.1 Å². The van der Waals surface area contributed by atoms with Crippen molar-refractivity contribution in [2.75, 3.05) is 13.7 Å². The highest BCUT2D eigenvalue weighted by atomic mass is 32.1. The molecule has 1 unspecified atom stereocenters. The van der Waals surface area contributed by atoms with Gasteiger partial charge in [0.2, 0.25) is 0 Å². The first-order valence-electron chi connectivity index (χ1n) is 8.13. The standard InChI is InChI=1S/C17H29NOS/c1-4-14-9-10-15(20-14)13-16(18-3)17(19-5-2)11-7-6-8-12-17/h9-10,16,18H,4-8,11-13H2,1-3H3. The zero-order valence-corrected chi connectivity index (χ0v) is 14.0. The molecule has 1 aliphatic carbocycles. The van der Waals surface area contributed by atoms with E-state index in [0.717, 1.165) is 19.4 Å². The monoisotopic (exact) mass is 295 g/mol. The van der Waals surface area contributed by atoms with E-state index in [1.165, 1.54) is 41.9 Å². The number of nitrogens with one attached hydrogen (secondary N) is 1. The summed E-state index contributed by atoms with van der Waals surface area (Å²) in [6, 6.07) is 5.02. The summed E-state index contributed by atoms with van der Waals surface area (Å²) < 4.78 is 6.27. The van der Waals surface area contributed by atoms with Gasteiger partial charge in [0.25, 0.3) is 0 Å². The van der Waals surface area contributed by atoms with Gasteiger partial charge in [-0.2, -0.15) is 0 Å². The molecule has 2 rings (SSSR count). The summed E-state index contributed by atoms with van der Waals surface area (Å²) in [5, 5.41) is 3.55. The first-order chi connectivity index (χ1) is 9.74. The molecule has 114 valence electrons. The predicted molar refractivity (Wildman–Crippen MR) is 87.7 cm³/mol. The van der Waals surface area contributed by atoms with Crippen LogP contribution in [0.1, 0.15) is 55.7 Å². The Kier molecular flexibility index (Phi) is 6.06. The third-order valence-corrected chi connectivity index (χ3v) is 5.84. The molecule has 0 spiro atoms. The fourth-order valence-electron chi connectivity index (χ4n) is 3.51. The van der Waals surface area contributed by atoms with Gasteiger partial charge >= 0.3 is 0 Å². The molecule has 0 aliphatic heterocycles. The fraction of sp³-hybridized carbons (Fsp3) is 0.765. The zero-order valence-electron chi connectivity index (χ0n) is 13.2. The van der Waals surface area contributed by atoms with Gasteiger partial charge in [0, 0.05) is 22.4 Å². The van der Waals surface area contributed by atoms with Crippen molar-refractivity contribution in [1.29, 1.82) is 0 Å². The van der Waals surface area contributed by atoms with Gasteiger partial charge in [-0.1, -0.05) is 26.2 Å². The van der Waals surface area contributed by atoms with E-state index in [-0.39, 0.29) is 5.60 Å². The quantitative estimate of drug-likeness (QED) is 0.815. The van der Waals surface area contributed by atoms with Crippen LogP contribution >= 0.6 is 11.3 Å². The smallest absolute Gasteiger partial charge is 0.0838 e. The lowest BCUT2D eigenvalue weighted by molar-refractivity contribution is -0.0882. The number of ether oxygens (including phenoxy) is 1. The minimum Gasteiger partial charge on any atom is -0.374 e. The lowest BCUT2D eigenvalue weighted by Crippen LogP contribution is -2.53. The molecule has 20 heavy (non-hydrogen) atoms. The second-order valence-corrected chi connectivity index (χ2v) is 7.08. The third-order valence-electron chi connectivity index (χ3n) is 4.59. The molecule has 0 amide bonds. The molecule has 1 atom stereocenters. The Balaban J connectivity index is 2.11. The molecular weight excluding hydrogens is 266 g/mol. The van der Waals surface area contributed by atoms with Crippen molar-refractivity contribution in [2.45, 2.75) is 70.4 Å². The minimum absolute atomic E-state index is 0.0537. The average Bonchev–Trinajstić information content (AvgIpc) is 2.93. The zero-order chi connectivity index (χ0) is 14.4. The van der Waals surface area contributed by atoms with Gasteiger partial charge in [0.05, 0.1) is 5.60 Å². The summed E-state index contributed by atoms with van der Waals surface area (Å²) in [6.07, 6.45) is 8.64. The first-order valence-corrected chi connectivity index (χ1v) is 8.94. The molecule has 1 aliphatic rings.